The number of carbonyl (C=O) groups excluding carboxylic acids is 2. The minimum Gasteiger partial charge on any atom is -0.408 e. The van der Waals surface area contributed by atoms with Crippen molar-refractivity contribution in [2.75, 3.05) is 37.6 Å². The minimum absolute atomic E-state index is 0.0457. The summed E-state index contributed by atoms with van der Waals surface area (Å²) in [5, 5.41) is 7.65. The SMILES string of the molecule is Cc1nnc(N2CCN(C(=O)C3CCCN3C(=O)C(F)(F)F)CC2)o1. The van der Waals surface area contributed by atoms with E-state index in [-0.39, 0.29) is 13.0 Å². The number of alkyl halides is 3. The van der Waals surface area contributed by atoms with Crippen LogP contribution in [-0.2, 0) is 9.59 Å². The molecule has 2 aliphatic rings. The van der Waals surface area contributed by atoms with Gasteiger partial charge in [-0.05, 0) is 12.8 Å². The molecule has 2 amide bonds. The maximum atomic E-state index is 12.7. The van der Waals surface area contributed by atoms with Gasteiger partial charge in [0.05, 0.1) is 0 Å². The smallest absolute Gasteiger partial charge is 0.408 e. The zero-order valence-corrected chi connectivity index (χ0v) is 13.6. The Labute approximate surface area is 141 Å². The maximum Gasteiger partial charge on any atom is 0.471 e. The Balaban J connectivity index is 1.61. The molecule has 2 fully saturated rings. The summed E-state index contributed by atoms with van der Waals surface area (Å²) in [7, 11) is 0. The summed E-state index contributed by atoms with van der Waals surface area (Å²) in [4.78, 5) is 28.0. The normalized spacial score (nSPS) is 21.8. The largest absolute Gasteiger partial charge is 0.471 e. The molecule has 0 saturated carbocycles. The topological polar surface area (TPSA) is 82.8 Å². The van der Waals surface area contributed by atoms with Gasteiger partial charge in [0.1, 0.15) is 6.04 Å². The van der Waals surface area contributed by atoms with E-state index in [0.29, 0.717) is 49.4 Å². The molecule has 0 N–H and O–H groups in total. The highest BCUT2D eigenvalue weighted by Gasteiger charge is 2.48. The zero-order valence-electron chi connectivity index (χ0n) is 13.6. The number of carbonyl (C=O) groups is 2. The first-order valence-electron chi connectivity index (χ1n) is 7.99. The lowest BCUT2D eigenvalue weighted by molar-refractivity contribution is -0.187. The van der Waals surface area contributed by atoms with E-state index in [4.69, 9.17) is 4.42 Å². The second-order valence-corrected chi connectivity index (χ2v) is 6.07. The predicted molar refractivity (Wildman–Crippen MR) is 78.6 cm³/mol. The Kier molecular flexibility index (Phi) is 4.56. The van der Waals surface area contributed by atoms with Crippen LogP contribution in [0.5, 0.6) is 0 Å². The number of hydrogen-bond acceptors (Lipinski definition) is 6. The van der Waals surface area contributed by atoms with Crippen LogP contribution < -0.4 is 4.90 Å². The van der Waals surface area contributed by atoms with Crippen LogP contribution in [0.4, 0.5) is 19.2 Å². The number of amides is 2. The Bertz CT molecular complexity index is 654. The first-order chi connectivity index (χ1) is 11.8. The van der Waals surface area contributed by atoms with Crippen LogP contribution in [0.15, 0.2) is 4.42 Å². The van der Waals surface area contributed by atoms with E-state index in [2.05, 4.69) is 10.2 Å². The fraction of sp³-hybridized carbons (Fsp3) is 0.714. The fourth-order valence-corrected chi connectivity index (χ4v) is 3.17. The molecule has 25 heavy (non-hydrogen) atoms. The van der Waals surface area contributed by atoms with Crippen molar-refractivity contribution >= 4 is 17.8 Å². The van der Waals surface area contributed by atoms with Gasteiger partial charge in [-0.1, -0.05) is 5.10 Å². The number of piperazine rings is 1. The monoisotopic (exact) mass is 361 g/mol. The molecule has 3 heterocycles. The van der Waals surface area contributed by atoms with Gasteiger partial charge in [-0.15, -0.1) is 5.10 Å². The van der Waals surface area contributed by atoms with Gasteiger partial charge < -0.3 is 19.1 Å². The number of aryl methyl sites for hydroxylation is 1. The van der Waals surface area contributed by atoms with E-state index in [1.54, 1.807) is 6.92 Å². The van der Waals surface area contributed by atoms with Gasteiger partial charge in [0, 0.05) is 39.6 Å². The molecule has 0 aromatic carbocycles. The highest BCUT2D eigenvalue weighted by Crippen LogP contribution is 2.27. The molecule has 2 saturated heterocycles. The third-order valence-electron chi connectivity index (χ3n) is 4.42. The molecule has 2 aliphatic heterocycles. The standard InChI is InChI=1S/C14H18F3N5O3/c1-9-18-19-13(25-9)21-7-5-20(6-8-21)11(23)10-3-2-4-22(10)12(24)14(15,16)17/h10H,2-8H2,1H3. The second-order valence-electron chi connectivity index (χ2n) is 6.07. The Morgan fingerprint density at radius 2 is 1.80 bits per heavy atom. The van der Waals surface area contributed by atoms with Crippen molar-refractivity contribution in [2.24, 2.45) is 0 Å². The molecular weight excluding hydrogens is 343 g/mol. The summed E-state index contributed by atoms with van der Waals surface area (Å²) in [6.45, 7) is 3.15. The first kappa shape index (κ1) is 17.5. The van der Waals surface area contributed by atoms with Crippen molar-refractivity contribution in [1.82, 2.24) is 20.0 Å². The van der Waals surface area contributed by atoms with Gasteiger partial charge in [-0.3, -0.25) is 9.59 Å². The molecule has 0 bridgehead atoms. The average Bonchev–Trinajstić information content (AvgIpc) is 3.21. The van der Waals surface area contributed by atoms with Crippen molar-refractivity contribution in [3.05, 3.63) is 5.89 Å². The number of anilines is 1. The van der Waals surface area contributed by atoms with Crippen LogP contribution in [0, 0.1) is 6.92 Å². The van der Waals surface area contributed by atoms with Crippen molar-refractivity contribution in [2.45, 2.75) is 32.0 Å². The van der Waals surface area contributed by atoms with E-state index < -0.39 is 24.0 Å². The van der Waals surface area contributed by atoms with Crippen molar-refractivity contribution in [3.63, 3.8) is 0 Å². The molecule has 3 rings (SSSR count). The molecule has 1 aromatic heterocycles. The lowest BCUT2D eigenvalue weighted by atomic mass is 10.1. The van der Waals surface area contributed by atoms with E-state index in [1.165, 1.54) is 4.90 Å². The van der Waals surface area contributed by atoms with Crippen LogP contribution in [0.1, 0.15) is 18.7 Å². The predicted octanol–water partition coefficient (Wildman–Crippen LogP) is 0.580. The molecule has 1 atom stereocenters. The number of aromatic nitrogens is 2. The highest BCUT2D eigenvalue weighted by molar-refractivity contribution is 5.90. The maximum absolute atomic E-state index is 12.7. The zero-order chi connectivity index (χ0) is 18.2. The molecule has 0 aliphatic carbocycles. The average molecular weight is 361 g/mol. The summed E-state index contributed by atoms with van der Waals surface area (Å²) in [5.41, 5.74) is 0. The summed E-state index contributed by atoms with van der Waals surface area (Å²) in [6, 6.07) is -0.675. The molecule has 11 heteroatoms. The van der Waals surface area contributed by atoms with Crippen molar-refractivity contribution in [1.29, 1.82) is 0 Å². The molecule has 0 spiro atoms. The van der Waals surface area contributed by atoms with Crippen LogP contribution >= 0.6 is 0 Å². The summed E-state index contributed by atoms with van der Waals surface area (Å²) < 4.78 is 43.4. The first-order valence-corrected chi connectivity index (χ1v) is 7.99. The Morgan fingerprint density at radius 3 is 2.36 bits per heavy atom. The summed E-state index contributed by atoms with van der Waals surface area (Å²) in [5.74, 6) is -1.94. The number of likely N-dealkylation sites (tertiary alicyclic amines) is 1. The second kappa shape index (κ2) is 6.52. The van der Waals surface area contributed by atoms with Gasteiger partial charge in [-0.2, -0.15) is 13.2 Å². The third kappa shape index (κ3) is 3.54. The molecule has 1 aromatic rings. The molecule has 138 valence electrons. The minimum atomic E-state index is -4.96. The van der Waals surface area contributed by atoms with E-state index in [9.17, 15) is 22.8 Å². The van der Waals surface area contributed by atoms with E-state index >= 15 is 0 Å². The third-order valence-corrected chi connectivity index (χ3v) is 4.42. The van der Waals surface area contributed by atoms with Crippen LogP contribution in [0.2, 0.25) is 0 Å². The molecule has 8 nitrogen and oxygen atoms in total. The fourth-order valence-electron chi connectivity index (χ4n) is 3.17. The summed E-state index contributed by atoms with van der Waals surface area (Å²) >= 11 is 0. The Morgan fingerprint density at radius 1 is 1.12 bits per heavy atom. The Hall–Kier alpha value is -2.33. The van der Waals surface area contributed by atoms with Crippen molar-refractivity contribution in [3.8, 4) is 0 Å². The lowest BCUT2D eigenvalue weighted by Gasteiger charge is -2.36. The molecule has 1 unspecified atom stereocenters. The van der Waals surface area contributed by atoms with Crippen molar-refractivity contribution < 1.29 is 27.2 Å². The van der Waals surface area contributed by atoms with E-state index in [0.717, 1.165) is 0 Å². The van der Waals surface area contributed by atoms with Crippen LogP contribution in [0.25, 0.3) is 0 Å². The van der Waals surface area contributed by atoms with Gasteiger partial charge in [0.15, 0.2) is 0 Å². The van der Waals surface area contributed by atoms with Gasteiger partial charge >= 0.3 is 18.1 Å². The van der Waals surface area contributed by atoms with E-state index in [1.807, 2.05) is 4.90 Å². The van der Waals surface area contributed by atoms with Crippen LogP contribution in [-0.4, -0.2) is 76.8 Å². The number of rotatable bonds is 2. The molecular formula is C14H18F3N5O3. The summed E-state index contributed by atoms with van der Waals surface area (Å²) in [6.07, 6.45) is -4.32. The van der Waals surface area contributed by atoms with Gasteiger partial charge in [0.25, 0.3) is 0 Å². The number of nitrogens with zero attached hydrogens (tertiary/aromatic N) is 5. The van der Waals surface area contributed by atoms with Gasteiger partial charge in [-0.25, -0.2) is 0 Å². The molecule has 0 radical (unpaired) electrons. The lowest BCUT2D eigenvalue weighted by Crippen LogP contribution is -2.56. The van der Waals surface area contributed by atoms with Gasteiger partial charge in [0.2, 0.25) is 11.8 Å². The van der Waals surface area contributed by atoms with Crippen LogP contribution in [0.3, 0.4) is 0 Å². The quantitative estimate of drug-likeness (QED) is 0.766. The number of hydrogen-bond donors (Lipinski definition) is 0. The highest BCUT2D eigenvalue weighted by atomic mass is 19.4. The number of halogens is 3.